The molecule has 70 valence electrons. The second-order valence-electron chi connectivity index (χ2n) is 2.71. The van der Waals surface area contributed by atoms with Crippen LogP contribution in [0.25, 0.3) is 0 Å². The summed E-state index contributed by atoms with van der Waals surface area (Å²) in [4.78, 5) is 0. The van der Waals surface area contributed by atoms with E-state index in [-0.39, 0.29) is 0 Å². The molecule has 0 unspecified atom stereocenters. The molecule has 0 saturated heterocycles. The van der Waals surface area contributed by atoms with Gasteiger partial charge in [0.05, 0.1) is 13.2 Å². The average molecular weight is 436 g/mol. The number of hydrogen-bond donors (Lipinski definition) is 0. The predicted molar refractivity (Wildman–Crippen MR) is 65.7 cm³/mol. The minimum absolute atomic E-state index is 0.681. The van der Waals surface area contributed by atoms with E-state index >= 15 is 0 Å². The van der Waals surface area contributed by atoms with Gasteiger partial charge in [-0.25, -0.2) is 0 Å². The molecule has 1 aromatic carbocycles. The van der Waals surface area contributed by atoms with E-state index in [0.717, 1.165) is 17.9 Å². The van der Waals surface area contributed by atoms with Crippen LogP contribution in [0.15, 0.2) is 17.9 Å². The molecule has 0 bridgehead atoms. The van der Waals surface area contributed by atoms with Gasteiger partial charge in [-0.2, -0.15) is 0 Å². The number of ether oxygens (including phenoxy) is 1. The van der Waals surface area contributed by atoms with Crippen molar-refractivity contribution in [3.63, 3.8) is 0 Å². The van der Waals surface area contributed by atoms with Crippen LogP contribution in [0.4, 0.5) is 0 Å². The molecule has 0 N–H and O–H groups in total. The van der Waals surface area contributed by atoms with Crippen LogP contribution in [0.5, 0.6) is 0 Å². The first-order valence-corrected chi connectivity index (χ1v) is 6.71. The lowest BCUT2D eigenvalue weighted by molar-refractivity contribution is 0.134. The van der Waals surface area contributed by atoms with Crippen molar-refractivity contribution >= 4 is 63.7 Å². The number of hydrogen-bond acceptors (Lipinski definition) is 1. The van der Waals surface area contributed by atoms with Crippen molar-refractivity contribution in [2.75, 3.05) is 0 Å². The van der Waals surface area contributed by atoms with Crippen LogP contribution in [-0.4, -0.2) is 0 Å². The Morgan fingerprint density at radius 3 is 1.46 bits per heavy atom. The molecule has 1 nitrogen and oxygen atoms in total. The Balaban J connectivity index is 2.77. The van der Waals surface area contributed by atoms with Gasteiger partial charge in [-0.05, 0) is 74.8 Å². The zero-order valence-corrected chi connectivity index (χ0v) is 12.7. The molecule has 0 aliphatic carbocycles. The molecule has 13 heavy (non-hydrogen) atoms. The van der Waals surface area contributed by atoms with Gasteiger partial charge in [0.25, 0.3) is 0 Å². The number of halogens is 4. The van der Waals surface area contributed by atoms with Gasteiger partial charge in [0.1, 0.15) is 0 Å². The maximum Gasteiger partial charge on any atom is 0.0736 e. The second-order valence-corrected chi connectivity index (χ2v) is 5.88. The van der Waals surface area contributed by atoms with E-state index in [2.05, 4.69) is 63.7 Å². The standard InChI is InChI=1S/C8H4Br4O/c9-5-3-1-13-2-4(3)6(10)8(12)7(5)11/h1-2H2. The van der Waals surface area contributed by atoms with Gasteiger partial charge >= 0.3 is 0 Å². The smallest absolute Gasteiger partial charge is 0.0736 e. The molecule has 1 heterocycles. The summed E-state index contributed by atoms with van der Waals surface area (Å²) in [5.41, 5.74) is 2.45. The molecule has 0 aromatic heterocycles. The Morgan fingerprint density at radius 1 is 0.692 bits per heavy atom. The van der Waals surface area contributed by atoms with E-state index in [1.54, 1.807) is 0 Å². The third-order valence-corrected chi connectivity index (χ3v) is 6.90. The molecule has 2 rings (SSSR count). The Morgan fingerprint density at radius 2 is 1.08 bits per heavy atom. The summed E-state index contributed by atoms with van der Waals surface area (Å²) in [7, 11) is 0. The fourth-order valence-electron chi connectivity index (χ4n) is 1.28. The Bertz CT molecular complexity index is 340. The van der Waals surface area contributed by atoms with Gasteiger partial charge in [0.2, 0.25) is 0 Å². The van der Waals surface area contributed by atoms with E-state index in [1.807, 2.05) is 0 Å². The average Bonchev–Trinajstić information content (AvgIpc) is 2.59. The third-order valence-electron chi connectivity index (χ3n) is 1.97. The highest BCUT2D eigenvalue weighted by Crippen LogP contribution is 2.44. The normalized spacial score (nSPS) is 14.8. The van der Waals surface area contributed by atoms with Crippen LogP contribution in [0, 0.1) is 0 Å². The van der Waals surface area contributed by atoms with Crippen LogP contribution >= 0.6 is 63.7 Å². The first kappa shape index (κ1) is 10.6. The lowest BCUT2D eigenvalue weighted by atomic mass is 10.1. The summed E-state index contributed by atoms with van der Waals surface area (Å²) >= 11 is 14.1. The highest BCUT2D eigenvalue weighted by atomic mass is 79.9. The van der Waals surface area contributed by atoms with E-state index in [0.29, 0.717) is 13.2 Å². The van der Waals surface area contributed by atoms with Gasteiger partial charge < -0.3 is 4.74 Å². The maximum atomic E-state index is 5.38. The highest BCUT2D eigenvalue weighted by molar-refractivity contribution is 9.15. The van der Waals surface area contributed by atoms with Crippen LogP contribution in [0.2, 0.25) is 0 Å². The molecular formula is C8H4Br4O. The molecule has 1 aliphatic heterocycles. The zero-order chi connectivity index (χ0) is 9.59. The van der Waals surface area contributed by atoms with Crippen molar-refractivity contribution in [2.45, 2.75) is 13.2 Å². The van der Waals surface area contributed by atoms with Crippen molar-refractivity contribution < 1.29 is 4.74 Å². The molecule has 0 spiro atoms. The monoisotopic (exact) mass is 432 g/mol. The van der Waals surface area contributed by atoms with Gasteiger partial charge in [-0.15, -0.1) is 0 Å². The topological polar surface area (TPSA) is 9.23 Å². The van der Waals surface area contributed by atoms with Gasteiger partial charge in [-0.3, -0.25) is 0 Å². The zero-order valence-electron chi connectivity index (χ0n) is 6.33. The van der Waals surface area contributed by atoms with E-state index in [4.69, 9.17) is 4.74 Å². The highest BCUT2D eigenvalue weighted by Gasteiger charge is 2.22. The molecule has 1 aromatic rings. The van der Waals surface area contributed by atoms with Gasteiger partial charge in [0.15, 0.2) is 0 Å². The SMILES string of the molecule is Brc1c(Br)c(Br)c2c(c1Br)COC2. The molecule has 0 atom stereocenters. The van der Waals surface area contributed by atoms with Crippen LogP contribution in [-0.2, 0) is 18.0 Å². The van der Waals surface area contributed by atoms with Crippen molar-refractivity contribution in [3.05, 3.63) is 29.0 Å². The quantitative estimate of drug-likeness (QED) is 0.421. The molecule has 0 fully saturated rings. The van der Waals surface area contributed by atoms with Crippen molar-refractivity contribution in [2.24, 2.45) is 0 Å². The molecular weight excluding hydrogens is 432 g/mol. The van der Waals surface area contributed by atoms with E-state index in [9.17, 15) is 0 Å². The molecule has 0 radical (unpaired) electrons. The predicted octanol–water partition coefficient (Wildman–Crippen LogP) is 4.77. The third kappa shape index (κ3) is 1.67. The first-order chi connectivity index (χ1) is 6.13. The van der Waals surface area contributed by atoms with Crippen LogP contribution < -0.4 is 0 Å². The molecule has 1 aliphatic rings. The van der Waals surface area contributed by atoms with E-state index in [1.165, 1.54) is 11.1 Å². The largest absolute Gasteiger partial charge is 0.372 e. The van der Waals surface area contributed by atoms with Crippen LogP contribution in [0.3, 0.4) is 0 Å². The van der Waals surface area contributed by atoms with Gasteiger partial charge in [0, 0.05) is 17.9 Å². The minimum Gasteiger partial charge on any atom is -0.372 e. The summed E-state index contributed by atoms with van der Waals surface area (Å²) in [6.07, 6.45) is 0. The first-order valence-electron chi connectivity index (χ1n) is 3.54. The van der Waals surface area contributed by atoms with E-state index < -0.39 is 0 Å². The maximum absolute atomic E-state index is 5.38. The minimum atomic E-state index is 0.681. The lowest BCUT2D eigenvalue weighted by Gasteiger charge is -2.08. The summed E-state index contributed by atoms with van der Waals surface area (Å²) in [6.45, 7) is 1.36. The second kappa shape index (κ2) is 3.93. The lowest BCUT2D eigenvalue weighted by Crippen LogP contribution is -1.89. The van der Waals surface area contributed by atoms with Crippen LogP contribution in [0.1, 0.15) is 11.1 Å². The van der Waals surface area contributed by atoms with Crippen molar-refractivity contribution in [1.29, 1.82) is 0 Å². The van der Waals surface area contributed by atoms with Crippen molar-refractivity contribution in [3.8, 4) is 0 Å². The fraction of sp³-hybridized carbons (Fsp3) is 0.250. The number of rotatable bonds is 0. The van der Waals surface area contributed by atoms with Crippen molar-refractivity contribution in [1.82, 2.24) is 0 Å². The molecule has 5 heteroatoms. The Labute approximate surface area is 110 Å². The molecule has 0 amide bonds. The number of fused-ring (bicyclic) bond motifs is 1. The summed E-state index contributed by atoms with van der Waals surface area (Å²) in [6, 6.07) is 0. The van der Waals surface area contributed by atoms with Gasteiger partial charge in [-0.1, -0.05) is 0 Å². The molecule has 0 saturated carbocycles. The number of benzene rings is 1. The summed E-state index contributed by atoms with van der Waals surface area (Å²) in [5.74, 6) is 0. The Hall–Kier alpha value is 1.10. The fourth-order valence-corrected chi connectivity index (χ4v) is 3.79. The summed E-state index contributed by atoms with van der Waals surface area (Å²) < 4.78 is 9.60. The summed E-state index contributed by atoms with van der Waals surface area (Å²) in [5, 5.41) is 0. The Kier molecular flexibility index (Phi) is 3.21.